The average Bonchev–Trinajstić information content (AvgIpc) is 3.19. The van der Waals surface area contributed by atoms with Gasteiger partial charge >= 0.3 is 5.97 Å². The van der Waals surface area contributed by atoms with Crippen molar-refractivity contribution in [2.45, 2.75) is 63.8 Å². The molecule has 0 saturated carbocycles. The molecule has 2 heterocycles. The Morgan fingerprint density at radius 1 is 1.35 bits per heavy atom. The predicted molar refractivity (Wildman–Crippen MR) is 125 cm³/mol. The number of fused-ring (bicyclic) bond motifs is 1. The highest BCUT2D eigenvalue weighted by Crippen LogP contribution is 2.25. The van der Waals surface area contributed by atoms with Crippen molar-refractivity contribution in [1.29, 1.82) is 0 Å². The zero-order valence-electron chi connectivity index (χ0n) is 18.5. The van der Waals surface area contributed by atoms with Crippen LogP contribution in [0.5, 0.6) is 0 Å². The third-order valence-corrected chi connectivity index (χ3v) is 7.01. The van der Waals surface area contributed by atoms with Crippen molar-refractivity contribution < 1.29 is 14.3 Å². The van der Waals surface area contributed by atoms with Gasteiger partial charge in [-0.3, -0.25) is 9.69 Å². The molecule has 31 heavy (non-hydrogen) atoms. The number of cyclic esters (lactones) is 1. The highest BCUT2D eigenvalue weighted by atomic mass is 32.1. The lowest BCUT2D eigenvalue weighted by atomic mass is 9.91. The standard InChI is InChI=1S/C23H36N4O3S/c1-3-15(2)20(25-11-18(24)14-31)13-27-12-17-7-5-4-6-16(17)10-21(27)22(28)26-19-8-9-30-23(19)29/h4-7,15,18-21,25,31H,3,8-14,24H2,1-2H3,(H,26,28). The molecule has 7 nitrogen and oxygen atoms in total. The van der Waals surface area contributed by atoms with E-state index in [-0.39, 0.29) is 30.0 Å². The Balaban J connectivity index is 1.77. The summed E-state index contributed by atoms with van der Waals surface area (Å²) in [6.45, 7) is 6.90. The second-order valence-corrected chi connectivity index (χ2v) is 9.14. The number of hydrogen-bond donors (Lipinski definition) is 4. The first-order valence-electron chi connectivity index (χ1n) is 11.3. The fourth-order valence-electron chi connectivity index (χ4n) is 4.27. The van der Waals surface area contributed by atoms with E-state index in [1.165, 1.54) is 11.1 Å². The number of carbonyl (C=O) groups is 2. The topological polar surface area (TPSA) is 96.7 Å². The van der Waals surface area contributed by atoms with Crippen LogP contribution in [-0.4, -0.2) is 66.4 Å². The molecule has 1 fully saturated rings. The number of thiol groups is 1. The second-order valence-electron chi connectivity index (χ2n) is 8.78. The summed E-state index contributed by atoms with van der Waals surface area (Å²) in [6, 6.07) is 7.61. The Bertz CT molecular complexity index is 762. The van der Waals surface area contributed by atoms with E-state index in [0.717, 1.165) is 13.0 Å². The Hall–Kier alpha value is -1.61. The molecular weight excluding hydrogens is 412 g/mol. The minimum atomic E-state index is -0.539. The van der Waals surface area contributed by atoms with Crippen molar-refractivity contribution in [3.05, 3.63) is 35.4 Å². The first-order chi connectivity index (χ1) is 14.9. The Morgan fingerprint density at radius 2 is 2.10 bits per heavy atom. The maximum atomic E-state index is 13.2. The number of ether oxygens (including phenoxy) is 1. The third-order valence-electron chi connectivity index (χ3n) is 6.54. The van der Waals surface area contributed by atoms with Gasteiger partial charge in [0.25, 0.3) is 0 Å². The van der Waals surface area contributed by atoms with Gasteiger partial charge in [-0.05, 0) is 23.5 Å². The molecular formula is C23H36N4O3S. The number of benzene rings is 1. The van der Waals surface area contributed by atoms with Crippen LogP contribution in [0.4, 0.5) is 0 Å². The molecule has 1 aromatic rings. The van der Waals surface area contributed by atoms with Crippen LogP contribution >= 0.6 is 12.6 Å². The number of nitrogens with two attached hydrogens (primary N) is 1. The van der Waals surface area contributed by atoms with E-state index in [1.54, 1.807) is 0 Å². The number of esters is 1. The number of amides is 1. The van der Waals surface area contributed by atoms with Crippen molar-refractivity contribution in [2.24, 2.45) is 11.7 Å². The van der Waals surface area contributed by atoms with Gasteiger partial charge < -0.3 is 21.1 Å². The van der Waals surface area contributed by atoms with Gasteiger partial charge in [0, 0.05) is 43.9 Å². The summed E-state index contributed by atoms with van der Waals surface area (Å²) in [5.74, 6) is 0.613. The number of carbonyl (C=O) groups excluding carboxylic acids is 2. The zero-order chi connectivity index (χ0) is 22.4. The summed E-state index contributed by atoms with van der Waals surface area (Å²) >= 11 is 4.29. The molecule has 0 radical (unpaired) electrons. The van der Waals surface area contributed by atoms with E-state index in [1.807, 2.05) is 12.1 Å². The SMILES string of the molecule is CCC(C)C(CN1Cc2ccccc2CC1C(=O)NC1CCOC1=O)NCC(N)CS. The molecule has 1 aromatic carbocycles. The molecule has 2 aliphatic rings. The van der Waals surface area contributed by atoms with Crippen molar-refractivity contribution >= 4 is 24.5 Å². The summed E-state index contributed by atoms with van der Waals surface area (Å²) in [6.07, 6.45) is 2.20. The molecule has 1 saturated heterocycles. The molecule has 3 rings (SSSR count). The minimum absolute atomic E-state index is 0.00977. The molecule has 2 aliphatic heterocycles. The van der Waals surface area contributed by atoms with Crippen molar-refractivity contribution in [3.8, 4) is 0 Å². The minimum Gasteiger partial charge on any atom is -0.464 e. The maximum absolute atomic E-state index is 13.2. The van der Waals surface area contributed by atoms with Crippen LogP contribution < -0.4 is 16.4 Å². The van der Waals surface area contributed by atoms with Gasteiger partial charge in [0.2, 0.25) is 5.91 Å². The maximum Gasteiger partial charge on any atom is 0.328 e. The van der Waals surface area contributed by atoms with Crippen molar-refractivity contribution in [2.75, 3.05) is 25.4 Å². The first kappa shape index (κ1) is 24.0. The quantitative estimate of drug-likeness (QED) is 0.316. The fourth-order valence-corrected chi connectivity index (χ4v) is 4.40. The largest absolute Gasteiger partial charge is 0.464 e. The van der Waals surface area contributed by atoms with Gasteiger partial charge in [0.15, 0.2) is 0 Å². The summed E-state index contributed by atoms with van der Waals surface area (Å²) in [4.78, 5) is 27.4. The van der Waals surface area contributed by atoms with Crippen LogP contribution in [0.15, 0.2) is 24.3 Å². The molecule has 0 aromatic heterocycles. The lowest BCUT2D eigenvalue weighted by Gasteiger charge is -2.40. The van der Waals surface area contributed by atoms with E-state index in [9.17, 15) is 9.59 Å². The summed E-state index contributed by atoms with van der Waals surface area (Å²) in [7, 11) is 0. The van der Waals surface area contributed by atoms with Crippen molar-refractivity contribution in [1.82, 2.24) is 15.5 Å². The Kier molecular flexibility index (Phi) is 8.77. The lowest BCUT2D eigenvalue weighted by molar-refractivity contribution is -0.142. The number of hydrogen-bond acceptors (Lipinski definition) is 7. The van der Waals surface area contributed by atoms with Gasteiger partial charge in [-0.1, -0.05) is 44.5 Å². The van der Waals surface area contributed by atoms with Gasteiger partial charge in [-0.2, -0.15) is 12.6 Å². The first-order valence-corrected chi connectivity index (χ1v) is 11.9. The summed E-state index contributed by atoms with van der Waals surface area (Å²) in [5, 5.41) is 6.54. The predicted octanol–water partition coefficient (Wildman–Crippen LogP) is 1.11. The van der Waals surface area contributed by atoms with E-state index in [4.69, 9.17) is 10.5 Å². The number of nitrogens with one attached hydrogen (secondary N) is 2. The third kappa shape index (κ3) is 6.22. The van der Waals surface area contributed by atoms with Crippen LogP contribution in [0.2, 0.25) is 0 Å². The molecule has 0 bridgehead atoms. The Morgan fingerprint density at radius 3 is 2.74 bits per heavy atom. The second kappa shape index (κ2) is 11.3. The zero-order valence-corrected chi connectivity index (χ0v) is 19.4. The molecule has 8 heteroatoms. The highest BCUT2D eigenvalue weighted by Gasteiger charge is 2.36. The average molecular weight is 449 g/mol. The number of nitrogens with zero attached hydrogens (tertiary/aromatic N) is 1. The molecule has 5 unspecified atom stereocenters. The molecule has 0 spiro atoms. The smallest absolute Gasteiger partial charge is 0.328 e. The van der Waals surface area contributed by atoms with Crippen molar-refractivity contribution in [3.63, 3.8) is 0 Å². The van der Waals surface area contributed by atoms with E-state index in [2.05, 4.69) is 54.1 Å². The fraction of sp³-hybridized carbons (Fsp3) is 0.652. The summed E-state index contributed by atoms with van der Waals surface area (Å²) in [5.41, 5.74) is 8.52. The molecule has 5 atom stereocenters. The highest BCUT2D eigenvalue weighted by molar-refractivity contribution is 7.80. The normalized spacial score (nSPS) is 24.2. The van der Waals surface area contributed by atoms with E-state index in [0.29, 0.717) is 44.2 Å². The van der Waals surface area contributed by atoms with Gasteiger partial charge in [0.1, 0.15) is 6.04 Å². The van der Waals surface area contributed by atoms with Gasteiger partial charge in [0.05, 0.1) is 12.6 Å². The van der Waals surface area contributed by atoms with Crippen LogP contribution in [0.3, 0.4) is 0 Å². The van der Waals surface area contributed by atoms with E-state index < -0.39 is 6.04 Å². The lowest BCUT2D eigenvalue weighted by Crippen LogP contribution is -2.57. The molecule has 4 N–H and O–H groups in total. The van der Waals surface area contributed by atoms with Crippen LogP contribution in [0.1, 0.15) is 37.8 Å². The van der Waals surface area contributed by atoms with Crippen LogP contribution in [-0.2, 0) is 27.3 Å². The van der Waals surface area contributed by atoms with Gasteiger partial charge in [-0.15, -0.1) is 0 Å². The van der Waals surface area contributed by atoms with Gasteiger partial charge in [-0.25, -0.2) is 4.79 Å². The summed E-state index contributed by atoms with van der Waals surface area (Å²) < 4.78 is 5.02. The van der Waals surface area contributed by atoms with E-state index >= 15 is 0 Å². The Labute approximate surface area is 190 Å². The molecule has 0 aliphatic carbocycles. The number of rotatable bonds is 10. The van der Waals surface area contributed by atoms with Crippen LogP contribution in [0, 0.1) is 5.92 Å². The molecule has 172 valence electrons. The molecule has 1 amide bonds. The monoisotopic (exact) mass is 448 g/mol. The van der Waals surface area contributed by atoms with Crippen LogP contribution in [0.25, 0.3) is 0 Å².